The minimum atomic E-state index is -0.459. The van der Waals surface area contributed by atoms with Crippen molar-refractivity contribution in [1.29, 1.82) is 0 Å². The Labute approximate surface area is 140 Å². The van der Waals surface area contributed by atoms with Crippen molar-refractivity contribution in [3.05, 3.63) is 48.0 Å². The maximum absolute atomic E-state index is 12.1. The monoisotopic (exact) mass is 325 g/mol. The van der Waals surface area contributed by atoms with Gasteiger partial charge in [0.25, 0.3) is 0 Å². The van der Waals surface area contributed by atoms with E-state index in [4.69, 9.17) is 4.74 Å². The van der Waals surface area contributed by atoms with E-state index < -0.39 is 12.1 Å². The van der Waals surface area contributed by atoms with Crippen molar-refractivity contribution in [2.45, 2.75) is 18.8 Å². The van der Waals surface area contributed by atoms with Gasteiger partial charge in [-0.25, -0.2) is 4.79 Å². The number of piperidine rings is 1. The third-order valence-corrected chi connectivity index (χ3v) is 5.17. The summed E-state index contributed by atoms with van der Waals surface area (Å²) in [6.45, 7) is 2.33. The highest BCUT2D eigenvalue weighted by molar-refractivity contribution is 5.83. The molecule has 2 aliphatic rings. The van der Waals surface area contributed by atoms with E-state index in [-0.39, 0.29) is 12.2 Å². The molecule has 1 aliphatic heterocycles. The van der Waals surface area contributed by atoms with Crippen molar-refractivity contribution in [2.75, 3.05) is 19.9 Å². The zero-order chi connectivity index (χ0) is 16.7. The van der Waals surface area contributed by atoms with Crippen molar-refractivity contribution in [2.24, 2.45) is 5.92 Å². The molecule has 0 spiro atoms. The van der Waals surface area contributed by atoms with E-state index in [0.717, 1.165) is 6.42 Å². The van der Waals surface area contributed by atoms with Crippen LogP contribution in [0.5, 0.6) is 0 Å². The standard InChI is InChI=1S/C19H19NO4/c1-13(21)23-12-24-18(22)20-10-17-9-19(17,11-20)16-7-6-14-4-2-3-5-15(14)8-16/h2-8,17H,9-12H2,1H3/t17-,19+/m1/s1. The number of amides is 1. The number of esters is 1. The Morgan fingerprint density at radius 1 is 1.17 bits per heavy atom. The highest BCUT2D eigenvalue weighted by atomic mass is 16.7. The molecule has 1 aliphatic carbocycles. The van der Waals surface area contributed by atoms with E-state index >= 15 is 0 Å². The van der Waals surface area contributed by atoms with Crippen molar-refractivity contribution in [3.8, 4) is 0 Å². The molecule has 0 N–H and O–H groups in total. The second-order valence-electron chi connectivity index (χ2n) is 6.66. The van der Waals surface area contributed by atoms with Crippen LogP contribution in [0.25, 0.3) is 10.8 Å². The molecule has 2 atom stereocenters. The molecule has 5 heteroatoms. The lowest BCUT2D eigenvalue weighted by Gasteiger charge is -2.21. The summed E-state index contributed by atoms with van der Waals surface area (Å²) in [6, 6.07) is 14.9. The molecule has 2 fully saturated rings. The number of carbonyl (C=O) groups is 2. The molecular weight excluding hydrogens is 306 g/mol. The van der Waals surface area contributed by atoms with Gasteiger partial charge in [0.1, 0.15) is 0 Å². The number of carbonyl (C=O) groups excluding carboxylic acids is 2. The lowest BCUT2D eigenvalue weighted by molar-refractivity contribution is -0.149. The van der Waals surface area contributed by atoms with Gasteiger partial charge in [-0.05, 0) is 28.7 Å². The van der Waals surface area contributed by atoms with Gasteiger partial charge in [0.2, 0.25) is 6.79 Å². The van der Waals surface area contributed by atoms with E-state index in [9.17, 15) is 9.59 Å². The fourth-order valence-electron chi connectivity index (χ4n) is 3.82. The molecule has 1 saturated carbocycles. The fourth-order valence-corrected chi connectivity index (χ4v) is 3.82. The van der Waals surface area contributed by atoms with Crippen LogP contribution in [0.15, 0.2) is 42.5 Å². The van der Waals surface area contributed by atoms with Gasteiger partial charge in [0.15, 0.2) is 0 Å². The zero-order valence-corrected chi connectivity index (χ0v) is 13.5. The van der Waals surface area contributed by atoms with Crippen LogP contribution in [-0.2, 0) is 19.7 Å². The predicted octanol–water partition coefficient (Wildman–Crippen LogP) is 3.07. The maximum atomic E-state index is 12.1. The Kier molecular flexibility index (Phi) is 3.44. The lowest BCUT2D eigenvalue weighted by atomic mass is 9.93. The van der Waals surface area contributed by atoms with Crippen LogP contribution in [0, 0.1) is 5.92 Å². The Bertz CT molecular complexity index is 818. The highest BCUT2D eigenvalue weighted by Crippen LogP contribution is 2.59. The molecule has 1 amide bonds. The minimum Gasteiger partial charge on any atom is -0.428 e. The number of ether oxygens (including phenoxy) is 2. The molecular formula is C19H19NO4. The second-order valence-corrected chi connectivity index (χ2v) is 6.66. The number of likely N-dealkylation sites (tertiary alicyclic amines) is 1. The van der Waals surface area contributed by atoms with Crippen molar-refractivity contribution in [1.82, 2.24) is 4.90 Å². The van der Waals surface area contributed by atoms with Gasteiger partial charge in [-0.3, -0.25) is 4.79 Å². The molecule has 0 aromatic heterocycles. The van der Waals surface area contributed by atoms with Crippen LogP contribution in [0.2, 0.25) is 0 Å². The summed E-state index contributed by atoms with van der Waals surface area (Å²) in [6.07, 6.45) is 0.697. The highest BCUT2D eigenvalue weighted by Gasteiger charge is 2.61. The molecule has 2 aromatic carbocycles. The molecule has 124 valence electrons. The summed E-state index contributed by atoms with van der Waals surface area (Å²) in [5, 5.41) is 2.46. The molecule has 5 nitrogen and oxygen atoms in total. The summed E-state index contributed by atoms with van der Waals surface area (Å²) in [5.74, 6) is 0.0274. The summed E-state index contributed by atoms with van der Waals surface area (Å²) < 4.78 is 9.66. The SMILES string of the molecule is CC(=O)OCOC(=O)N1C[C@H]2C[C@@]2(c2ccc3ccccc3c2)C1. The van der Waals surface area contributed by atoms with Gasteiger partial charge in [-0.2, -0.15) is 0 Å². The van der Waals surface area contributed by atoms with Gasteiger partial charge in [0, 0.05) is 25.4 Å². The first-order valence-corrected chi connectivity index (χ1v) is 8.13. The molecule has 0 radical (unpaired) electrons. The number of nitrogens with zero attached hydrogens (tertiary/aromatic N) is 1. The second kappa shape index (κ2) is 5.51. The third-order valence-electron chi connectivity index (χ3n) is 5.17. The fraction of sp³-hybridized carbons (Fsp3) is 0.368. The number of hydrogen-bond acceptors (Lipinski definition) is 4. The van der Waals surface area contributed by atoms with E-state index in [2.05, 4.69) is 35.1 Å². The van der Waals surface area contributed by atoms with Crippen LogP contribution in [0.1, 0.15) is 18.9 Å². The summed E-state index contributed by atoms with van der Waals surface area (Å²) >= 11 is 0. The first-order valence-electron chi connectivity index (χ1n) is 8.13. The molecule has 1 saturated heterocycles. The van der Waals surface area contributed by atoms with Gasteiger partial charge in [0.05, 0.1) is 0 Å². The van der Waals surface area contributed by atoms with Crippen molar-refractivity contribution in [3.63, 3.8) is 0 Å². The predicted molar refractivity (Wildman–Crippen MR) is 88.4 cm³/mol. The van der Waals surface area contributed by atoms with Crippen LogP contribution >= 0.6 is 0 Å². The molecule has 1 heterocycles. The summed E-state index contributed by atoms with van der Waals surface area (Å²) in [4.78, 5) is 24.5. The van der Waals surface area contributed by atoms with E-state index in [1.165, 1.54) is 23.3 Å². The van der Waals surface area contributed by atoms with Gasteiger partial charge >= 0.3 is 12.1 Å². The maximum Gasteiger partial charge on any atom is 0.412 e. The third kappa shape index (κ3) is 2.50. The Morgan fingerprint density at radius 2 is 1.96 bits per heavy atom. The zero-order valence-electron chi connectivity index (χ0n) is 13.5. The normalized spacial score (nSPS) is 24.5. The van der Waals surface area contributed by atoms with Crippen LogP contribution in [0.4, 0.5) is 4.79 Å². The van der Waals surface area contributed by atoms with E-state index in [1.54, 1.807) is 4.90 Å². The topological polar surface area (TPSA) is 55.8 Å². The average molecular weight is 325 g/mol. The number of benzene rings is 2. The summed E-state index contributed by atoms with van der Waals surface area (Å²) in [7, 11) is 0. The van der Waals surface area contributed by atoms with Crippen LogP contribution in [0.3, 0.4) is 0 Å². The Balaban J connectivity index is 1.47. The molecule has 24 heavy (non-hydrogen) atoms. The minimum absolute atomic E-state index is 0.0600. The molecule has 2 aromatic rings. The number of hydrogen-bond donors (Lipinski definition) is 0. The van der Waals surface area contributed by atoms with Gasteiger partial charge in [-0.15, -0.1) is 0 Å². The number of fused-ring (bicyclic) bond motifs is 2. The van der Waals surface area contributed by atoms with Crippen molar-refractivity contribution < 1.29 is 19.1 Å². The lowest BCUT2D eigenvalue weighted by Crippen LogP contribution is -2.33. The van der Waals surface area contributed by atoms with E-state index in [1.807, 2.05) is 12.1 Å². The smallest absolute Gasteiger partial charge is 0.412 e. The Morgan fingerprint density at radius 3 is 2.75 bits per heavy atom. The van der Waals surface area contributed by atoms with Crippen LogP contribution < -0.4 is 0 Å². The van der Waals surface area contributed by atoms with Crippen LogP contribution in [-0.4, -0.2) is 36.8 Å². The van der Waals surface area contributed by atoms with Gasteiger partial charge in [-0.1, -0.05) is 42.5 Å². The molecule has 4 rings (SSSR count). The Hall–Kier alpha value is -2.56. The van der Waals surface area contributed by atoms with Gasteiger partial charge < -0.3 is 14.4 Å². The van der Waals surface area contributed by atoms with E-state index in [0.29, 0.717) is 19.0 Å². The molecule has 0 bridgehead atoms. The van der Waals surface area contributed by atoms with Crippen molar-refractivity contribution >= 4 is 22.8 Å². The average Bonchev–Trinajstić information content (AvgIpc) is 3.15. The summed E-state index contributed by atoms with van der Waals surface area (Å²) in [5.41, 5.74) is 1.35. The largest absolute Gasteiger partial charge is 0.428 e. The first kappa shape index (κ1) is 15.0. The first-order chi connectivity index (χ1) is 11.6. The quantitative estimate of drug-likeness (QED) is 0.643. The molecule has 0 unspecified atom stereocenters. The number of rotatable bonds is 3.